The minimum Gasteiger partial charge on any atom is -0.493 e. The summed E-state index contributed by atoms with van der Waals surface area (Å²) in [5.41, 5.74) is 0.0435. The second-order valence-electron chi connectivity index (χ2n) is 4.36. The molecule has 1 saturated heterocycles. The molecule has 0 radical (unpaired) electrons. The van der Waals surface area contributed by atoms with Crippen molar-refractivity contribution in [3.05, 3.63) is 24.0 Å². The third-order valence-corrected chi connectivity index (χ3v) is 3.02. The van der Waals surface area contributed by atoms with Crippen LogP contribution < -0.4 is 10.2 Å². The second-order valence-corrected chi connectivity index (χ2v) is 4.36. The first-order chi connectivity index (χ1) is 9.16. The van der Waals surface area contributed by atoms with Crippen molar-refractivity contribution in [3.8, 4) is 5.75 Å². The molecule has 19 heavy (non-hydrogen) atoms. The number of benzene rings is 1. The van der Waals surface area contributed by atoms with Gasteiger partial charge >= 0.3 is 7.12 Å². The third-order valence-electron chi connectivity index (χ3n) is 3.02. The molecule has 1 aromatic carbocycles. The van der Waals surface area contributed by atoms with E-state index in [1.807, 2.05) is 0 Å². The lowest BCUT2D eigenvalue weighted by atomic mass is 9.79. The molecule has 0 spiro atoms. The fraction of sp³-hybridized carbons (Fsp3) is 0.500. The molecule has 1 aliphatic heterocycles. The van der Waals surface area contributed by atoms with Crippen LogP contribution in [0.4, 0.5) is 4.39 Å². The lowest BCUT2D eigenvalue weighted by Gasteiger charge is -2.26. The number of nitrogens with zero attached hydrogens (tertiary/aromatic N) is 1. The van der Waals surface area contributed by atoms with E-state index in [0.717, 1.165) is 38.9 Å². The van der Waals surface area contributed by atoms with Gasteiger partial charge in [0.15, 0.2) is 0 Å². The Hall–Kier alpha value is -1.15. The lowest BCUT2D eigenvalue weighted by molar-refractivity contribution is 0.0323. The second kappa shape index (κ2) is 6.86. The first-order valence-electron chi connectivity index (χ1n) is 6.25. The summed E-state index contributed by atoms with van der Waals surface area (Å²) in [5.74, 6) is -0.228. The summed E-state index contributed by atoms with van der Waals surface area (Å²) in [6.07, 6.45) is 0. The summed E-state index contributed by atoms with van der Waals surface area (Å²) < 4.78 is 23.7. The molecule has 7 heteroatoms. The predicted octanol–water partition coefficient (Wildman–Crippen LogP) is -0.783. The van der Waals surface area contributed by atoms with Crippen LogP contribution in [-0.4, -0.2) is 61.5 Å². The Balaban J connectivity index is 1.88. The Labute approximate surface area is 111 Å². The van der Waals surface area contributed by atoms with Crippen molar-refractivity contribution >= 4 is 12.6 Å². The molecule has 0 atom stereocenters. The molecule has 0 unspecified atom stereocenters. The maximum Gasteiger partial charge on any atom is 0.492 e. The summed E-state index contributed by atoms with van der Waals surface area (Å²) >= 11 is 0. The van der Waals surface area contributed by atoms with Gasteiger partial charge in [-0.3, -0.25) is 4.90 Å². The Morgan fingerprint density at radius 3 is 2.74 bits per heavy atom. The number of rotatable bonds is 5. The van der Waals surface area contributed by atoms with Gasteiger partial charge in [0.1, 0.15) is 18.2 Å². The zero-order valence-corrected chi connectivity index (χ0v) is 10.6. The van der Waals surface area contributed by atoms with Gasteiger partial charge in [-0.15, -0.1) is 0 Å². The average molecular weight is 269 g/mol. The number of ether oxygens (including phenoxy) is 2. The maximum atomic E-state index is 13.0. The highest BCUT2D eigenvalue weighted by atomic mass is 19.1. The number of hydrogen-bond acceptors (Lipinski definition) is 5. The van der Waals surface area contributed by atoms with Gasteiger partial charge in [0.25, 0.3) is 0 Å². The van der Waals surface area contributed by atoms with E-state index in [0.29, 0.717) is 12.4 Å². The number of morpholine rings is 1. The van der Waals surface area contributed by atoms with Crippen molar-refractivity contribution in [1.82, 2.24) is 4.90 Å². The molecule has 0 aromatic heterocycles. The molecule has 1 fully saturated rings. The fourth-order valence-electron chi connectivity index (χ4n) is 1.96. The Morgan fingerprint density at radius 1 is 1.32 bits per heavy atom. The molecular weight excluding hydrogens is 252 g/mol. The highest BCUT2D eigenvalue weighted by molar-refractivity contribution is 6.59. The SMILES string of the molecule is OB(O)c1cc(F)ccc1OCCN1CCOCC1. The summed E-state index contributed by atoms with van der Waals surface area (Å²) in [6, 6.07) is 3.70. The Morgan fingerprint density at radius 2 is 2.05 bits per heavy atom. The number of hydrogen-bond donors (Lipinski definition) is 2. The minimum atomic E-state index is -1.74. The van der Waals surface area contributed by atoms with Crippen LogP contribution in [0.3, 0.4) is 0 Å². The standard InChI is InChI=1S/C12H17BFNO4/c14-10-1-2-12(11(9-10)13(16)17)19-8-5-15-3-6-18-7-4-15/h1-2,9,16-17H,3-8H2. The van der Waals surface area contributed by atoms with Gasteiger partial charge < -0.3 is 19.5 Å². The fourth-order valence-corrected chi connectivity index (χ4v) is 1.96. The molecule has 1 aliphatic rings. The van der Waals surface area contributed by atoms with Crippen LogP contribution in [0.1, 0.15) is 0 Å². The van der Waals surface area contributed by atoms with Crippen LogP contribution in [0.2, 0.25) is 0 Å². The van der Waals surface area contributed by atoms with Crippen molar-refractivity contribution in [2.75, 3.05) is 39.5 Å². The highest BCUT2D eigenvalue weighted by Crippen LogP contribution is 2.10. The summed E-state index contributed by atoms with van der Waals surface area (Å²) in [4.78, 5) is 2.20. The Kier molecular flexibility index (Phi) is 5.15. The van der Waals surface area contributed by atoms with Crippen LogP contribution in [-0.2, 0) is 4.74 Å². The van der Waals surface area contributed by atoms with Gasteiger partial charge in [0, 0.05) is 25.1 Å². The quantitative estimate of drug-likeness (QED) is 0.686. The van der Waals surface area contributed by atoms with Crippen molar-refractivity contribution < 1.29 is 23.9 Å². The first-order valence-corrected chi connectivity index (χ1v) is 6.25. The van der Waals surface area contributed by atoms with E-state index >= 15 is 0 Å². The molecule has 104 valence electrons. The summed E-state index contributed by atoms with van der Waals surface area (Å²) in [5, 5.41) is 18.3. The maximum absolute atomic E-state index is 13.0. The molecule has 1 heterocycles. The van der Waals surface area contributed by atoms with Crippen LogP contribution in [0, 0.1) is 5.82 Å². The van der Waals surface area contributed by atoms with E-state index in [2.05, 4.69) is 4.90 Å². The van der Waals surface area contributed by atoms with E-state index in [4.69, 9.17) is 19.5 Å². The van der Waals surface area contributed by atoms with Crippen LogP contribution in [0.15, 0.2) is 18.2 Å². The van der Waals surface area contributed by atoms with Crippen molar-refractivity contribution in [2.45, 2.75) is 0 Å². The Bertz CT molecular complexity index is 413. The lowest BCUT2D eigenvalue weighted by Crippen LogP contribution is -2.39. The third kappa shape index (κ3) is 4.17. The molecule has 0 saturated carbocycles. The van der Waals surface area contributed by atoms with E-state index in [9.17, 15) is 4.39 Å². The van der Waals surface area contributed by atoms with Crippen LogP contribution >= 0.6 is 0 Å². The average Bonchev–Trinajstić information content (AvgIpc) is 2.41. The smallest absolute Gasteiger partial charge is 0.492 e. The van der Waals surface area contributed by atoms with Crippen molar-refractivity contribution in [2.24, 2.45) is 0 Å². The summed E-state index contributed by atoms with van der Waals surface area (Å²) in [6.45, 7) is 4.30. The van der Waals surface area contributed by atoms with Gasteiger partial charge in [-0.05, 0) is 18.2 Å². The van der Waals surface area contributed by atoms with E-state index < -0.39 is 12.9 Å². The van der Waals surface area contributed by atoms with Gasteiger partial charge in [-0.25, -0.2) is 4.39 Å². The normalized spacial score (nSPS) is 16.4. The zero-order valence-electron chi connectivity index (χ0n) is 10.6. The molecule has 2 rings (SSSR count). The highest BCUT2D eigenvalue weighted by Gasteiger charge is 2.18. The minimum absolute atomic E-state index is 0.0435. The predicted molar refractivity (Wildman–Crippen MR) is 69.0 cm³/mol. The van der Waals surface area contributed by atoms with E-state index in [1.165, 1.54) is 12.1 Å². The van der Waals surface area contributed by atoms with Gasteiger partial charge in [-0.1, -0.05) is 0 Å². The van der Waals surface area contributed by atoms with E-state index in [-0.39, 0.29) is 5.46 Å². The number of halogens is 1. The molecule has 0 amide bonds. The van der Waals surface area contributed by atoms with Crippen LogP contribution in [0.5, 0.6) is 5.75 Å². The molecule has 0 aliphatic carbocycles. The van der Waals surface area contributed by atoms with Crippen molar-refractivity contribution in [1.29, 1.82) is 0 Å². The van der Waals surface area contributed by atoms with Gasteiger partial charge in [0.2, 0.25) is 0 Å². The van der Waals surface area contributed by atoms with Crippen LogP contribution in [0.25, 0.3) is 0 Å². The largest absolute Gasteiger partial charge is 0.493 e. The summed E-state index contributed by atoms with van der Waals surface area (Å²) in [7, 11) is -1.74. The first kappa shape index (κ1) is 14.3. The monoisotopic (exact) mass is 269 g/mol. The molecule has 5 nitrogen and oxygen atoms in total. The van der Waals surface area contributed by atoms with Crippen molar-refractivity contribution in [3.63, 3.8) is 0 Å². The zero-order chi connectivity index (χ0) is 13.7. The molecule has 1 aromatic rings. The molecule has 2 N–H and O–H groups in total. The molecule has 0 bridgehead atoms. The van der Waals surface area contributed by atoms with E-state index in [1.54, 1.807) is 0 Å². The van der Waals surface area contributed by atoms with Gasteiger partial charge in [-0.2, -0.15) is 0 Å². The van der Waals surface area contributed by atoms with Gasteiger partial charge in [0.05, 0.1) is 13.2 Å². The topological polar surface area (TPSA) is 62.2 Å². The molecular formula is C12H17BFNO4.